The third-order valence-electron chi connectivity index (χ3n) is 7.24. The summed E-state index contributed by atoms with van der Waals surface area (Å²) in [6.07, 6.45) is 1.33. The van der Waals surface area contributed by atoms with Gasteiger partial charge in [0.05, 0.1) is 16.7 Å². The predicted molar refractivity (Wildman–Crippen MR) is 145 cm³/mol. The molecular weight excluding hydrogens is 504 g/mol. The van der Waals surface area contributed by atoms with Crippen LogP contribution in [0.25, 0.3) is 22.1 Å². The van der Waals surface area contributed by atoms with Crippen molar-refractivity contribution in [3.8, 4) is 16.9 Å². The number of nitrogens with zero attached hydrogens (tertiary/aromatic N) is 4. The molecular formula is C29H23F2N5O3. The number of halogens is 2. The minimum Gasteiger partial charge on any atom is -0.507 e. The van der Waals surface area contributed by atoms with Crippen LogP contribution in [0, 0.1) is 17.6 Å². The molecule has 0 fully saturated rings. The van der Waals surface area contributed by atoms with Crippen molar-refractivity contribution >= 4 is 28.9 Å². The van der Waals surface area contributed by atoms with Gasteiger partial charge in [0.25, 0.3) is 0 Å². The Hall–Kier alpha value is -4.86. The molecule has 0 saturated carbocycles. The average Bonchev–Trinajstić information content (AvgIpc) is 3.22. The fourth-order valence-electron chi connectivity index (χ4n) is 5.40. The first-order valence-electron chi connectivity index (χ1n) is 12.2. The molecule has 2 aliphatic rings. The van der Waals surface area contributed by atoms with Gasteiger partial charge in [-0.1, -0.05) is 24.3 Å². The Balaban J connectivity index is 1.59. The number of nitrogens with two attached hydrogens (primary N) is 1. The zero-order chi connectivity index (χ0) is 27.5. The lowest BCUT2D eigenvalue weighted by Crippen LogP contribution is -2.52. The molecule has 10 heteroatoms. The third-order valence-corrected chi connectivity index (χ3v) is 7.24. The second-order valence-electron chi connectivity index (χ2n) is 9.67. The lowest BCUT2D eigenvalue weighted by atomic mass is 9.84. The van der Waals surface area contributed by atoms with Gasteiger partial charge >= 0.3 is 0 Å². The van der Waals surface area contributed by atoms with Crippen molar-refractivity contribution in [2.75, 3.05) is 0 Å². The number of hydrazone groups is 1. The molecule has 8 nitrogen and oxygen atoms in total. The smallest absolute Gasteiger partial charge is 0.200 e. The van der Waals surface area contributed by atoms with Crippen molar-refractivity contribution in [1.29, 1.82) is 0 Å². The van der Waals surface area contributed by atoms with Gasteiger partial charge in [0.2, 0.25) is 5.43 Å². The van der Waals surface area contributed by atoms with Crippen LogP contribution in [-0.4, -0.2) is 33.7 Å². The zero-order valence-electron chi connectivity index (χ0n) is 21.0. The van der Waals surface area contributed by atoms with Gasteiger partial charge in [0, 0.05) is 11.6 Å². The Labute approximate surface area is 221 Å². The van der Waals surface area contributed by atoms with E-state index in [9.17, 15) is 18.7 Å². The van der Waals surface area contributed by atoms with E-state index in [1.54, 1.807) is 49.2 Å². The van der Waals surface area contributed by atoms with Gasteiger partial charge in [0.1, 0.15) is 52.9 Å². The highest BCUT2D eigenvalue weighted by molar-refractivity contribution is 6.18. The maximum absolute atomic E-state index is 14.3. The molecule has 3 N–H and O–H groups in total. The van der Waals surface area contributed by atoms with E-state index in [2.05, 4.69) is 9.98 Å². The van der Waals surface area contributed by atoms with E-state index in [1.165, 1.54) is 36.7 Å². The summed E-state index contributed by atoms with van der Waals surface area (Å²) < 4.78 is 34.4. The molecule has 39 heavy (non-hydrogen) atoms. The second-order valence-corrected chi connectivity index (χ2v) is 9.67. The minimum atomic E-state index is -1.13. The molecule has 3 unspecified atom stereocenters. The highest BCUT2D eigenvalue weighted by atomic mass is 19.1. The number of hydrogen-bond acceptors (Lipinski definition) is 8. The Morgan fingerprint density at radius 1 is 1.08 bits per heavy atom. The first kappa shape index (κ1) is 24.5. The highest BCUT2D eigenvalue weighted by Crippen LogP contribution is 2.45. The number of phenols is 1. The standard InChI is InChI=1S/C29H23F2N5O3/c1-15(27-23(16-6-5-7-17(30)12-16)26(38)20-8-3-4-9-22(20)39-27)36-29(2)24(28(32)33-14-34-29)25(35-36)19-11-10-18(31)13-21(19)37/h3-15,24,37H,1-2H3,(H2,32,33,34). The molecule has 1 aromatic heterocycles. The largest absolute Gasteiger partial charge is 0.507 e. The van der Waals surface area contributed by atoms with E-state index in [0.717, 1.165) is 6.07 Å². The van der Waals surface area contributed by atoms with Crippen molar-refractivity contribution in [2.24, 2.45) is 26.7 Å². The minimum absolute atomic E-state index is 0.190. The van der Waals surface area contributed by atoms with Gasteiger partial charge in [-0.25, -0.2) is 18.8 Å². The van der Waals surface area contributed by atoms with Crippen LogP contribution in [0.5, 0.6) is 5.75 Å². The maximum atomic E-state index is 14.3. The number of aromatic hydroxyl groups is 1. The van der Waals surface area contributed by atoms with Gasteiger partial charge in [-0.15, -0.1) is 0 Å². The molecule has 6 rings (SSSR count). The van der Waals surface area contributed by atoms with E-state index < -0.39 is 29.3 Å². The number of aliphatic imine (C=N–C) groups is 2. The lowest BCUT2D eigenvalue weighted by Gasteiger charge is -2.39. The van der Waals surface area contributed by atoms with Crippen LogP contribution in [0.3, 0.4) is 0 Å². The van der Waals surface area contributed by atoms with E-state index >= 15 is 0 Å². The molecule has 0 saturated heterocycles. The molecule has 0 aliphatic carbocycles. The fourth-order valence-corrected chi connectivity index (χ4v) is 5.40. The quantitative estimate of drug-likeness (QED) is 0.389. The van der Waals surface area contributed by atoms with Crippen LogP contribution in [-0.2, 0) is 0 Å². The molecule has 3 heterocycles. The second kappa shape index (κ2) is 8.87. The SMILES string of the molecule is CC(c1oc2ccccc2c(=O)c1-c1cccc(F)c1)N1N=C(c2ccc(F)cc2O)C2C(N)=NC=NC21C. The van der Waals surface area contributed by atoms with Crippen LogP contribution in [0.15, 0.2) is 91.0 Å². The number of para-hydroxylation sites is 1. The fraction of sp³-hybridized carbons (Fsp3) is 0.172. The van der Waals surface area contributed by atoms with Crippen LogP contribution in [0.2, 0.25) is 0 Å². The number of benzene rings is 3. The van der Waals surface area contributed by atoms with Crippen molar-refractivity contribution in [3.63, 3.8) is 0 Å². The van der Waals surface area contributed by atoms with Crippen molar-refractivity contribution in [1.82, 2.24) is 5.01 Å². The van der Waals surface area contributed by atoms with E-state index in [0.29, 0.717) is 22.2 Å². The summed E-state index contributed by atoms with van der Waals surface area (Å²) in [5, 5.41) is 17.4. The number of hydrogen-bond donors (Lipinski definition) is 2. The molecule has 3 aromatic carbocycles. The normalized spacial score (nSPS) is 21.0. The van der Waals surface area contributed by atoms with Gasteiger partial charge in [-0.2, -0.15) is 5.10 Å². The maximum Gasteiger partial charge on any atom is 0.200 e. The first-order valence-corrected chi connectivity index (χ1v) is 12.2. The molecule has 0 radical (unpaired) electrons. The van der Waals surface area contributed by atoms with Gasteiger partial charge in [-0.3, -0.25) is 9.80 Å². The summed E-state index contributed by atoms with van der Waals surface area (Å²) >= 11 is 0. The summed E-state index contributed by atoms with van der Waals surface area (Å²) in [4.78, 5) is 22.6. The van der Waals surface area contributed by atoms with Crippen LogP contribution >= 0.6 is 0 Å². The Morgan fingerprint density at radius 3 is 2.62 bits per heavy atom. The van der Waals surface area contributed by atoms with E-state index in [1.807, 2.05) is 0 Å². The van der Waals surface area contributed by atoms with E-state index in [-0.39, 0.29) is 33.9 Å². The summed E-state index contributed by atoms with van der Waals surface area (Å²) in [6, 6.07) is 15.5. The Kier molecular flexibility index (Phi) is 5.56. The Morgan fingerprint density at radius 2 is 1.85 bits per heavy atom. The molecule has 3 atom stereocenters. The topological polar surface area (TPSA) is 117 Å². The van der Waals surface area contributed by atoms with Gasteiger partial charge < -0.3 is 15.3 Å². The highest BCUT2D eigenvalue weighted by Gasteiger charge is 2.54. The summed E-state index contributed by atoms with van der Waals surface area (Å²) in [6.45, 7) is 3.58. The molecule has 0 amide bonds. The summed E-state index contributed by atoms with van der Waals surface area (Å²) in [7, 11) is 0. The average molecular weight is 528 g/mol. The van der Waals surface area contributed by atoms with Crippen molar-refractivity contribution in [3.05, 3.63) is 99.9 Å². The predicted octanol–water partition coefficient (Wildman–Crippen LogP) is 4.96. The van der Waals surface area contributed by atoms with Crippen LogP contribution < -0.4 is 11.2 Å². The number of amidine groups is 1. The third kappa shape index (κ3) is 3.79. The number of phenolic OH excluding ortho intramolecular Hbond substituents is 1. The van der Waals surface area contributed by atoms with E-state index in [4.69, 9.17) is 15.3 Å². The molecule has 196 valence electrons. The molecule has 0 spiro atoms. The summed E-state index contributed by atoms with van der Waals surface area (Å²) in [5.74, 6) is -1.68. The Bertz CT molecular complexity index is 1800. The number of fused-ring (bicyclic) bond motifs is 2. The van der Waals surface area contributed by atoms with Crippen molar-refractivity contribution < 1.29 is 18.3 Å². The first-order chi connectivity index (χ1) is 18.7. The van der Waals surface area contributed by atoms with Crippen LogP contribution in [0.4, 0.5) is 8.78 Å². The summed E-state index contributed by atoms with van der Waals surface area (Å²) in [5.41, 5.74) is 6.37. The molecule has 2 aliphatic heterocycles. The van der Waals surface area contributed by atoms with Gasteiger partial charge in [-0.05, 0) is 55.8 Å². The van der Waals surface area contributed by atoms with Crippen LogP contribution in [0.1, 0.15) is 31.2 Å². The zero-order valence-corrected chi connectivity index (χ0v) is 21.0. The monoisotopic (exact) mass is 527 g/mol. The molecule has 4 aromatic rings. The van der Waals surface area contributed by atoms with Gasteiger partial charge in [0.15, 0.2) is 5.66 Å². The lowest BCUT2D eigenvalue weighted by molar-refractivity contribution is 0.0716. The van der Waals surface area contributed by atoms with Crippen molar-refractivity contribution in [2.45, 2.75) is 25.6 Å². The number of rotatable bonds is 4. The molecule has 0 bridgehead atoms.